The van der Waals surface area contributed by atoms with Gasteiger partial charge in [0, 0.05) is 25.6 Å². The summed E-state index contributed by atoms with van der Waals surface area (Å²) in [6.45, 7) is 3.52. The summed E-state index contributed by atoms with van der Waals surface area (Å²) in [5, 5.41) is 2.42. The highest BCUT2D eigenvalue weighted by atomic mass is 28.4. The molecule has 0 saturated carbocycles. The monoisotopic (exact) mass is 207 g/mol. The zero-order valence-corrected chi connectivity index (χ0v) is 9.20. The van der Waals surface area contributed by atoms with Crippen molar-refractivity contribution in [2.45, 2.75) is 25.8 Å². The van der Waals surface area contributed by atoms with Crippen LogP contribution in [0.2, 0.25) is 5.54 Å². The van der Waals surface area contributed by atoms with Crippen LogP contribution in [0.5, 0.6) is 0 Å². The summed E-state index contributed by atoms with van der Waals surface area (Å²) in [6.07, 6.45) is 0.0791. The molecule has 0 spiro atoms. The molecule has 0 fully saturated rings. The lowest BCUT2D eigenvalue weighted by molar-refractivity contribution is -0.120. The first kappa shape index (κ1) is 12.6. The van der Waals surface area contributed by atoms with E-state index in [4.69, 9.17) is 4.43 Å². The Morgan fingerprint density at radius 2 is 2.15 bits per heavy atom. The van der Waals surface area contributed by atoms with Crippen LogP contribution in [-0.2, 0) is 9.22 Å². The van der Waals surface area contributed by atoms with Crippen molar-refractivity contribution in [3.05, 3.63) is 0 Å². The van der Waals surface area contributed by atoms with Crippen molar-refractivity contribution in [2.75, 3.05) is 13.7 Å². The molecule has 0 aromatic heterocycles. The molecule has 0 saturated heterocycles. The van der Waals surface area contributed by atoms with Crippen LogP contribution in [0.4, 0.5) is 0 Å². The van der Waals surface area contributed by atoms with Crippen molar-refractivity contribution in [1.29, 1.82) is 0 Å². The zero-order valence-electron chi connectivity index (χ0n) is 8.20. The highest BCUT2D eigenvalue weighted by Crippen LogP contribution is 2.20. The molecule has 0 aliphatic carbocycles. The number of carbonyl (C=O) groups excluding carboxylic acids is 1. The zero-order chi connectivity index (χ0) is 10.5. The van der Waals surface area contributed by atoms with Gasteiger partial charge in [-0.05, 0) is 6.92 Å². The van der Waals surface area contributed by atoms with E-state index < -0.39 is 14.3 Å². The predicted molar refractivity (Wildman–Crippen MR) is 49.9 cm³/mol. The minimum Gasteiger partial charge on any atom is -0.390 e. The predicted octanol–water partition coefficient (Wildman–Crippen LogP) is -0.527. The second kappa shape index (κ2) is 5.33. The van der Waals surface area contributed by atoms with Crippen LogP contribution in [0.25, 0.3) is 0 Å². The molecule has 1 amide bonds. The smallest absolute Gasteiger partial charge is 0.390 e. The standard InChI is InChI=1S/C7H17NO4Si/c1-4-12-13(10,11)6(2)5-7(9)8-3/h6,10-11H,4-5H2,1-3H3,(H,8,9). The average molecular weight is 207 g/mol. The van der Waals surface area contributed by atoms with E-state index in [1.54, 1.807) is 13.8 Å². The van der Waals surface area contributed by atoms with Gasteiger partial charge in [0.15, 0.2) is 0 Å². The molecule has 0 aromatic rings. The molecule has 0 aliphatic rings. The van der Waals surface area contributed by atoms with E-state index in [1.807, 2.05) is 0 Å². The van der Waals surface area contributed by atoms with Crippen molar-refractivity contribution < 1.29 is 18.8 Å². The first-order valence-corrected chi connectivity index (χ1v) is 6.11. The highest BCUT2D eigenvalue weighted by molar-refractivity contribution is 6.59. The lowest BCUT2D eigenvalue weighted by atomic mass is 10.3. The molecule has 0 bridgehead atoms. The fourth-order valence-electron chi connectivity index (χ4n) is 0.868. The SMILES string of the molecule is CCO[Si](O)(O)C(C)CC(=O)NC. The number of hydrogen-bond donors (Lipinski definition) is 3. The molecule has 5 nitrogen and oxygen atoms in total. The van der Waals surface area contributed by atoms with Gasteiger partial charge < -0.3 is 19.3 Å². The Kier molecular flexibility index (Phi) is 5.15. The molecule has 0 rings (SSSR count). The lowest BCUT2D eigenvalue weighted by Gasteiger charge is -2.22. The van der Waals surface area contributed by atoms with Gasteiger partial charge in [0.1, 0.15) is 0 Å². The third kappa shape index (κ3) is 4.37. The number of rotatable bonds is 5. The van der Waals surface area contributed by atoms with Gasteiger partial charge in [-0.25, -0.2) is 0 Å². The van der Waals surface area contributed by atoms with Crippen molar-refractivity contribution in [2.24, 2.45) is 0 Å². The quantitative estimate of drug-likeness (QED) is 0.530. The Hall–Kier alpha value is -0.433. The Morgan fingerprint density at radius 1 is 1.62 bits per heavy atom. The normalized spacial score (nSPS) is 13.9. The maximum atomic E-state index is 10.9. The number of hydrogen-bond acceptors (Lipinski definition) is 4. The van der Waals surface area contributed by atoms with E-state index in [-0.39, 0.29) is 18.9 Å². The Bertz CT molecular complexity index is 174. The molecular weight excluding hydrogens is 190 g/mol. The lowest BCUT2D eigenvalue weighted by Crippen LogP contribution is -2.44. The molecule has 0 aliphatic heterocycles. The summed E-state index contributed by atoms with van der Waals surface area (Å²) in [5.41, 5.74) is -0.521. The summed E-state index contributed by atoms with van der Waals surface area (Å²) in [7, 11) is -2.14. The third-order valence-corrected chi connectivity index (χ3v) is 3.97. The van der Waals surface area contributed by atoms with Crippen LogP contribution in [0.3, 0.4) is 0 Å². The first-order chi connectivity index (χ1) is 5.94. The second-order valence-corrected chi connectivity index (χ2v) is 5.46. The van der Waals surface area contributed by atoms with Gasteiger partial charge in [0.25, 0.3) is 0 Å². The maximum Gasteiger partial charge on any atom is 0.498 e. The Morgan fingerprint density at radius 3 is 2.54 bits per heavy atom. The van der Waals surface area contributed by atoms with Gasteiger partial charge in [-0.2, -0.15) is 0 Å². The van der Waals surface area contributed by atoms with Gasteiger partial charge >= 0.3 is 8.80 Å². The minimum absolute atomic E-state index is 0.0791. The molecule has 1 atom stereocenters. The maximum absolute atomic E-state index is 10.9. The second-order valence-electron chi connectivity index (χ2n) is 2.87. The topological polar surface area (TPSA) is 78.8 Å². The number of carbonyl (C=O) groups is 1. The Labute approximate surface area is 79.1 Å². The first-order valence-electron chi connectivity index (χ1n) is 4.23. The summed E-state index contributed by atoms with van der Waals surface area (Å²) in [4.78, 5) is 29.7. The molecular formula is C7H17NO4Si. The van der Waals surface area contributed by atoms with E-state index in [1.165, 1.54) is 7.05 Å². The fraction of sp³-hybridized carbons (Fsp3) is 0.857. The molecule has 13 heavy (non-hydrogen) atoms. The van der Waals surface area contributed by atoms with Crippen molar-refractivity contribution in [1.82, 2.24) is 5.32 Å². The summed E-state index contributed by atoms with van der Waals surface area (Å²) in [6, 6.07) is 0. The third-order valence-electron chi connectivity index (χ3n) is 1.77. The summed E-state index contributed by atoms with van der Waals surface area (Å²) < 4.78 is 4.81. The molecule has 0 aromatic carbocycles. The Balaban J connectivity index is 4.07. The molecule has 6 heteroatoms. The molecule has 0 radical (unpaired) electrons. The molecule has 78 valence electrons. The van der Waals surface area contributed by atoms with Gasteiger partial charge in [0.2, 0.25) is 5.91 Å². The van der Waals surface area contributed by atoms with E-state index >= 15 is 0 Å². The van der Waals surface area contributed by atoms with E-state index in [0.29, 0.717) is 0 Å². The molecule has 0 heterocycles. The fourth-order valence-corrected chi connectivity index (χ4v) is 2.03. The van der Waals surface area contributed by atoms with Gasteiger partial charge in [-0.15, -0.1) is 0 Å². The van der Waals surface area contributed by atoms with Crippen LogP contribution in [0.1, 0.15) is 20.3 Å². The van der Waals surface area contributed by atoms with Crippen molar-refractivity contribution in [3.63, 3.8) is 0 Å². The summed E-state index contributed by atoms with van der Waals surface area (Å²) >= 11 is 0. The van der Waals surface area contributed by atoms with Crippen LogP contribution in [-0.4, -0.2) is 38.0 Å². The highest BCUT2D eigenvalue weighted by Gasteiger charge is 2.40. The van der Waals surface area contributed by atoms with Gasteiger partial charge in [0.05, 0.1) is 0 Å². The summed E-state index contributed by atoms with van der Waals surface area (Å²) in [5.74, 6) is -0.216. The largest absolute Gasteiger partial charge is 0.498 e. The van der Waals surface area contributed by atoms with Crippen molar-refractivity contribution in [3.8, 4) is 0 Å². The minimum atomic E-state index is -3.65. The molecule has 3 N–H and O–H groups in total. The van der Waals surface area contributed by atoms with Gasteiger partial charge in [-0.1, -0.05) is 6.92 Å². The van der Waals surface area contributed by atoms with Crippen molar-refractivity contribution >= 4 is 14.7 Å². The number of amides is 1. The average Bonchev–Trinajstić information content (AvgIpc) is 2.04. The van der Waals surface area contributed by atoms with Crippen LogP contribution in [0, 0.1) is 0 Å². The number of nitrogens with one attached hydrogen (secondary N) is 1. The van der Waals surface area contributed by atoms with Gasteiger partial charge in [-0.3, -0.25) is 4.79 Å². The van der Waals surface area contributed by atoms with Crippen LogP contribution in [0.15, 0.2) is 0 Å². The van der Waals surface area contributed by atoms with E-state index in [2.05, 4.69) is 5.32 Å². The van der Waals surface area contributed by atoms with Crippen LogP contribution < -0.4 is 5.32 Å². The van der Waals surface area contributed by atoms with E-state index in [9.17, 15) is 14.4 Å². The van der Waals surface area contributed by atoms with Crippen LogP contribution >= 0.6 is 0 Å². The molecule has 1 unspecified atom stereocenters. The van der Waals surface area contributed by atoms with E-state index in [0.717, 1.165) is 0 Å².